The van der Waals surface area contributed by atoms with Gasteiger partial charge in [0.1, 0.15) is 5.75 Å². The summed E-state index contributed by atoms with van der Waals surface area (Å²) >= 11 is 5.96. The Hall–Kier alpha value is -1.51. The van der Waals surface area contributed by atoms with E-state index in [0.29, 0.717) is 0 Å². The Morgan fingerprint density at radius 2 is 1.86 bits per heavy atom. The molecular formula is C18H22ClNO. The van der Waals surface area contributed by atoms with Crippen molar-refractivity contribution in [2.24, 2.45) is 0 Å². The van der Waals surface area contributed by atoms with Crippen LogP contribution in [-0.2, 0) is 6.42 Å². The minimum absolute atomic E-state index is 0.228. The summed E-state index contributed by atoms with van der Waals surface area (Å²) in [7, 11) is 1.72. The average Bonchev–Trinajstić information content (AvgIpc) is 2.49. The molecule has 0 aliphatic rings. The van der Waals surface area contributed by atoms with Crippen molar-refractivity contribution < 1.29 is 4.74 Å². The molecule has 1 atom stereocenters. The van der Waals surface area contributed by atoms with Crippen molar-refractivity contribution in [1.82, 2.24) is 5.32 Å². The molecule has 0 amide bonds. The molecule has 0 aliphatic carbocycles. The highest BCUT2D eigenvalue weighted by molar-refractivity contribution is 6.30. The summed E-state index contributed by atoms with van der Waals surface area (Å²) < 4.78 is 5.52. The molecule has 0 aliphatic heterocycles. The molecule has 0 saturated heterocycles. The molecule has 2 nitrogen and oxygen atoms in total. The SMILES string of the molecule is CCNC(Cc1ccc(Cl)cc1)c1cc(C)ccc1OC. The number of benzene rings is 2. The van der Waals surface area contributed by atoms with Gasteiger partial charge in [0.25, 0.3) is 0 Å². The van der Waals surface area contributed by atoms with Gasteiger partial charge in [-0.2, -0.15) is 0 Å². The maximum atomic E-state index is 5.96. The molecule has 2 aromatic carbocycles. The lowest BCUT2D eigenvalue weighted by molar-refractivity contribution is 0.399. The zero-order chi connectivity index (χ0) is 15.2. The van der Waals surface area contributed by atoms with E-state index in [0.717, 1.165) is 23.7 Å². The first-order valence-electron chi connectivity index (χ1n) is 7.26. The lowest BCUT2D eigenvalue weighted by Crippen LogP contribution is -2.23. The van der Waals surface area contributed by atoms with Gasteiger partial charge in [-0.25, -0.2) is 0 Å². The van der Waals surface area contributed by atoms with Gasteiger partial charge in [0.05, 0.1) is 7.11 Å². The Balaban J connectivity index is 2.30. The maximum Gasteiger partial charge on any atom is 0.123 e. The maximum absolute atomic E-state index is 5.96. The van der Waals surface area contributed by atoms with Crippen LogP contribution >= 0.6 is 11.6 Å². The molecule has 21 heavy (non-hydrogen) atoms. The number of hydrogen-bond donors (Lipinski definition) is 1. The first kappa shape index (κ1) is 15.9. The largest absolute Gasteiger partial charge is 0.496 e. The molecule has 2 aromatic rings. The molecule has 0 radical (unpaired) electrons. The highest BCUT2D eigenvalue weighted by atomic mass is 35.5. The van der Waals surface area contributed by atoms with Gasteiger partial charge in [0.15, 0.2) is 0 Å². The van der Waals surface area contributed by atoms with Gasteiger partial charge in [0, 0.05) is 16.6 Å². The number of likely N-dealkylation sites (N-methyl/N-ethyl adjacent to an activating group) is 1. The third-order valence-electron chi connectivity index (χ3n) is 3.56. The van der Waals surface area contributed by atoms with E-state index >= 15 is 0 Å². The number of methoxy groups -OCH3 is 1. The zero-order valence-corrected chi connectivity index (χ0v) is 13.6. The zero-order valence-electron chi connectivity index (χ0n) is 12.8. The number of nitrogens with one attached hydrogen (secondary N) is 1. The molecule has 0 aromatic heterocycles. The molecule has 0 heterocycles. The van der Waals surface area contributed by atoms with E-state index in [2.05, 4.69) is 43.4 Å². The fourth-order valence-corrected chi connectivity index (χ4v) is 2.65. The lowest BCUT2D eigenvalue weighted by atomic mass is 9.96. The molecule has 0 saturated carbocycles. The van der Waals surface area contributed by atoms with Gasteiger partial charge >= 0.3 is 0 Å². The predicted molar refractivity (Wildman–Crippen MR) is 89.3 cm³/mol. The Morgan fingerprint density at radius 1 is 1.14 bits per heavy atom. The second kappa shape index (κ2) is 7.48. The molecule has 0 spiro atoms. The molecule has 1 N–H and O–H groups in total. The van der Waals surface area contributed by atoms with E-state index in [4.69, 9.17) is 16.3 Å². The first-order valence-corrected chi connectivity index (χ1v) is 7.64. The molecule has 2 rings (SSSR count). The number of ether oxygens (including phenoxy) is 1. The van der Waals surface area contributed by atoms with Crippen molar-refractivity contribution in [2.45, 2.75) is 26.3 Å². The van der Waals surface area contributed by atoms with E-state index in [1.807, 2.05) is 18.2 Å². The third kappa shape index (κ3) is 4.23. The topological polar surface area (TPSA) is 21.3 Å². The van der Waals surface area contributed by atoms with Gasteiger partial charge in [0.2, 0.25) is 0 Å². The van der Waals surface area contributed by atoms with Crippen LogP contribution in [0.3, 0.4) is 0 Å². The van der Waals surface area contributed by atoms with Crippen LogP contribution in [0.25, 0.3) is 0 Å². The first-order chi connectivity index (χ1) is 10.1. The summed E-state index contributed by atoms with van der Waals surface area (Å²) in [6, 6.07) is 14.6. The second-order valence-electron chi connectivity index (χ2n) is 5.19. The summed E-state index contributed by atoms with van der Waals surface area (Å²) in [4.78, 5) is 0. The molecule has 0 bridgehead atoms. The van der Waals surface area contributed by atoms with E-state index < -0.39 is 0 Å². The standard InChI is InChI=1S/C18H22ClNO/c1-4-20-17(12-14-6-8-15(19)9-7-14)16-11-13(2)5-10-18(16)21-3/h5-11,17,20H,4,12H2,1-3H3. The molecule has 3 heteroatoms. The Kier molecular flexibility index (Phi) is 5.66. The van der Waals surface area contributed by atoms with Crippen LogP contribution in [0.2, 0.25) is 5.02 Å². The van der Waals surface area contributed by atoms with E-state index in [1.165, 1.54) is 16.7 Å². The van der Waals surface area contributed by atoms with Crippen LogP contribution in [0.4, 0.5) is 0 Å². The van der Waals surface area contributed by atoms with Crippen molar-refractivity contribution >= 4 is 11.6 Å². The van der Waals surface area contributed by atoms with Crippen LogP contribution in [0, 0.1) is 6.92 Å². The second-order valence-corrected chi connectivity index (χ2v) is 5.62. The summed E-state index contributed by atoms with van der Waals surface area (Å²) in [6.07, 6.45) is 0.908. The monoisotopic (exact) mass is 303 g/mol. The summed E-state index contributed by atoms with van der Waals surface area (Å²) in [5.74, 6) is 0.931. The van der Waals surface area contributed by atoms with E-state index in [9.17, 15) is 0 Å². The number of halogens is 1. The predicted octanol–water partition coefficient (Wildman–Crippen LogP) is 4.55. The van der Waals surface area contributed by atoms with Crippen molar-refractivity contribution in [3.8, 4) is 5.75 Å². The van der Waals surface area contributed by atoms with Crippen LogP contribution in [0.1, 0.15) is 29.7 Å². The minimum atomic E-state index is 0.228. The minimum Gasteiger partial charge on any atom is -0.496 e. The fourth-order valence-electron chi connectivity index (χ4n) is 2.52. The van der Waals surface area contributed by atoms with Crippen LogP contribution < -0.4 is 10.1 Å². The van der Waals surface area contributed by atoms with E-state index in [-0.39, 0.29) is 6.04 Å². The molecular weight excluding hydrogens is 282 g/mol. The highest BCUT2D eigenvalue weighted by Crippen LogP contribution is 2.29. The van der Waals surface area contributed by atoms with Gasteiger partial charge in [-0.15, -0.1) is 0 Å². The summed E-state index contributed by atoms with van der Waals surface area (Å²) in [5, 5.41) is 4.32. The number of hydrogen-bond acceptors (Lipinski definition) is 2. The Morgan fingerprint density at radius 3 is 2.48 bits per heavy atom. The normalized spacial score (nSPS) is 12.2. The van der Waals surface area contributed by atoms with E-state index in [1.54, 1.807) is 7.11 Å². The Labute approximate surface area is 132 Å². The van der Waals surface area contributed by atoms with Crippen molar-refractivity contribution in [1.29, 1.82) is 0 Å². The Bertz CT molecular complexity index is 580. The smallest absolute Gasteiger partial charge is 0.123 e. The van der Waals surface area contributed by atoms with Gasteiger partial charge in [-0.3, -0.25) is 0 Å². The van der Waals surface area contributed by atoms with Crippen molar-refractivity contribution in [2.75, 3.05) is 13.7 Å². The van der Waals surface area contributed by atoms with Crippen molar-refractivity contribution in [3.05, 3.63) is 64.2 Å². The molecule has 0 fully saturated rings. The number of aryl methyl sites for hydroxylation is 1. The van der Waals surface area contributed by atoms with Gasteiger partial charge in [-0.1, -0.05) is 48.4 Å². The highest BCUT2D eigenvalue weighted by Gasteiger charge is 2.16. The van der Waals surface area contributed by atoms with Gasteiger partial charge in [-0.05, 0) is 43.7 Å². The summed E-state index contributed by atoms with van der Waals surface area (Å²) in [5.41, 5.74) is 3.70. The fraction of sp³-hybridized carbons (Fsp3) is 0.333. The van der Waals surface area contributed by atoms with Crippen LogP contribution in [-0.4, -0.2) is 13.7 Å². The van der Waals surface area contributed by atoms with Crippen molar-refractivity contribution in [3.63, 3.8) is 0 Å². The van der Waals surface area contributed by atoms with Crippen LogP contribution in [0.5, 0.6) is 5.75 Å². The average molecular weight is 304 g/mol. The van der Waals surface area contributed by atoms with Crippen LogP contribution in [0.15, 0.2) is 42.5 Å². The molecule has 1 unspecified atom stereocenters. The lowest BCUT2D eigenvalue weighted by Gasteiger charge is -2.21. The summed E-state index contributed by atoms with van der Waals surface area (Å²) in [6.45, 7) is 5.14. The third-order valence-corrected chi connectivity index (χ3v) is 3.82. The van der Waals surface area contributed by atoms with Gasteiger partial charge < -0.3 is 10.1 Å². The quantitative estimate of drug-likeness (QED) is 0.845. The molecule has 112 valence electrons. The number of rotatable bonds is 6.